The van der Waals surface area contributed by atoms with Crippen molar-refractivity contribution in [1.82, 2.24) is 5.32 Å². The molecule has 1 amide bonds. The third kappa shape index (κ3) is 3.01. The van der Waals surface area contributed by atoms with Crippen LogP contribution in [0.2, 0.25) is 0 Å². The molecule has 0 aliphatic carbocycles. The minimum atomic E-state index is -0.633. The summed E-state index contributed by atoms with van der Waals surface area (Å²) in [6.45, 7) is 3.76. The van der Waals surface area contributed by atoms with Crippen LogP contribution in [0, 0.1) is 24.1 Å². The Balaban J connectivity index is 3.01. The van der Waals surface area contributed by atoms with E-state index in [-0.39, 0.29) is 17.2 Å². The molecule has 96 valence electrons. The fourth-order valence-electron chi connectivity index (χ4n) is 1.51. The van der Waals surface area contributed by atoms with Crippen LogP contribution in [0.1, 0.15) is 24.2 Å². The van der Waals surface area contributed by atoms with Crippen molar-refractivity contribution in [2.24, 2.45) is 5.92 Å². The Morgan fingerprint density at radius 2 is 2.17 bits per heavy atom. The quantitative estimate of drug-likeness (QED) is 0.831. The summed E-state index contributed by atoms with van der Waals surface area (Å²) in [6.07, 6.45) is 5.32. The summed E-state index contributed by atoms with van der Waals surface area (Å²) in [4.78, 5) is 12.0. The lowest BCUT2D eigenvalue weighted by Gasteiger charge is -2.17. The van der Waals surface area contributed by atoms with Gasteiger partial charge in [0.05, 0.1) is 13.2 Å². The van der Waals surface area contributed by atoms with E-state index in [4.69, 9.17) is 11.2 Å². The van der Waals surface area contributed by atoms with Crippen molar-refractivity contribution >= 4 is 5.91 Å². The first-order valence-electron chi connectivity index (χ1n) is 5.60. The van der Waals surface area contributed by atoms with E-state index in [1.165, 1.54) is 25.3 Å². The van der Waals surface area contributed by atoms with Crippen LogP contribution >= 0.6 is 0 Å². The highest BCUT2D eigenvalue weighted by molar-refractivity contribution is 5.97. The van der Waals surface area contributed by atoms with E-state index < -0.39 is 17.8 Å². The van der Waals surface area contributed by atoms with Gasteiger partial charge in [0.1, 0.15) is 17.1 Å². The molecular weight excluding hydrogens is 233 g/mol. The number of terminal acetylenes is 1. The molecule has 0 heterocycles. The number of nitrogens with one attached hydrogen (secondary N) is 1. The van der Waals surface area contributed by atoms with Gasteiger partial charge < -0.3 is 10.1 Å². The number of hydrogen-bond acceptors (Lipinski definition) is 2. The summed E-state index contributed by atoms with van der Waals surface area (Å²) in [5.74, 6) is 1.52. The maximum absolute atomic E-state index is 13.7. The Morgan fingerprint density at radius 3 is 2.67 bits per heavy atom. The lowest BCUT2D eigenvalue weighted by Crippen LogP contribution is -2.37. The van der Waals surface area contributed by atoms with Gasteiger partial charge in [0.2, 0.25) is 0 Å². The van der Waals surface area contributed by atoms with E-state index in [1.54, 1.807) is 0 Å². The van der Waals surface area contributed by atoms with Crippen molar-refractivity contribution < 1.29 is 13.9 Å². The van der Waals surface area contributed by atoms with Crippen molar-refractivity contribution in [3.8, 4) is 18.1 Å². The van der Waals surface area contributed by atoms with Crippen LogP contribution in [0.4, 0.5) is 4.39 Å². The number of benzene rings is 1. The van der Waals surface area contributed by atoms with Crippen LogP contribution < -0.4 is 10.1 Å². The van der Waals surface area contributed by atoms with Crippen molar-refractivity contribution in [2.75, 3.05) is 7.11 Å². The van der Waals surface area contributed by atoms with Gasteiger partial charge in [-0.05, 0) is 18.1 Å². The Morgan fingerprint density at radius 1 is 1.50 bits per heavy atom. The number of rotatable bonds is 4. The Labute approximate surface area is 106 Å². The molecule has 0 fully saturated rings. The highest BCUT2D eigenvalue weighted by atomic mass is 19.1. The summed E-state index contributed by atoms with van der Waals surface area (Å²) in [7, 11) is 1.38. The minimum Gasteiger partial charge on any atom is -0.496 e. The van der Waals surface area contributed by atoms with Gasteiger partial charge in [0.25, 0.3) is 5.91 Å². The summed E-state index contributed by atoms with van der Waals surface area (Å²) in [5, 5.41) is 2.60. The average Bonchev–Trinajstić information content (AvgIpc) is 2.34. The maximum atomic E-state index is 13.7. The van der Waals surface area contributed by atoms with Crippen molar-refractivity contribution in [3.63, 3.8) is 0 Å². The molecule has 0 aromatic heterocycles. The molecule has 4 heteroatoms. The van der Waals surface area contributed by atoms with Gasteiger partial charge in [-0.3, -0.25) is 4.79 Å². The van der Waals surface area contributed by atoms with Crippen LogP contribution in [0.5, 0.6) is 5.75 Å². The van der Waals surface area contributed by atoms with E-state index in [0.717, 1.165) is 0 Å². The molecule has 3 nitrogen and oxygen atoms in total. The van der Waals surface area contributed by atoms with E-state index in [2.05, 4.69) is 11.2 Å². The molecule has 0 spiro atoms. The van der Waals surface area contributed by atoms with Gasteiger partial charge in [0.15, 0.2) is 0 Å². The lowest BCUT2D eigenvalue weighted by molar-refractivity contribution is 0.0930. The van der Waals surface area contributed by atoms with Crippen LogP contribution in [0.15, 0.2) is 18.2 Å². The number of amides is 1. The third-order valence-electron chi connectivity index (χ3n) is 2.56. The average molecular weight is 249 g/mol. The second kappa shape index (κ2) is 6.06. The zero-order valence-corrected chi connectivity index (χ0v) is 10.7. The molecule has 0 bridgehead atoms. The monoisotopic (exact) mass is 249 g/mol. The highest BCUT2D eigenvalue weighted by Crippen LogP contribution is 2.21. The third-order valence-corrected chi connectivity index (χ3v) is 2.56. The van der Waals surface area contributed by atoms with Crippen LogP contribution in [0.25, 0.3) is 0 Å². The molecular formula is C14H16FNO2. The van der Waals surface area contributed by atoms with Crippen LogP contribution in [-0.2, 0) is 0 Å². The van der Waals surface area contributed by atoms with Crippen LogP contribution in [0.3, 0.4) is 0 Å². The number of hydrogen-bond donors (Lipinski definition) is 1. The summed E-state index contributed by atoms with van der Waals surface area (Å²) < 4.78 is 18.6. The smallest absolute Gasteiger partial charge is 0.259 e. The largest absolute Gasteiger partial charge is 0.496 e. The SMILES string of the molecule is C#CC(NC(=O)c1c(F)cccc1OC)C(C)C. The molecule has 0 aliphatic rings. The van der Waals surface area contributed by atoms with E-state index in [9.17, 15) is 9.18 Å². The molecule has 1 atom stereocenters. The van der Waals surface area contributed by atoms with Gasteiger partial charge in [-0.2, -0.15) is 0 Å². The van der Waals surface area contributed by atoms with Crippen molar-refractivity contribution in [1.29, 1.82) is 0 Å². The zero-order valence-electron chi connectivity index (χ0n) is 10.7. The van der Waals surface area contributed by atoms with Gasteiger partial charge in [-0.15, -0.1) is 6.42 Å². The van der Waals surface area contributed by atoms with Crippen LogP contribution in [-0.4, -0.2) is 19.1 Å². The molecule has 18 heavy (non-hydrogen) atoms. The first-order valence-corrected chi connectivity index (χ1v) is 5.60. The lowest BCUT2D eigenvalue weighted by atomic mass is 10.0. The molecule has 0 saturated heterocycles. The molecule has 1 unspecified atom stereocenters. The van der Waals surface area contributed by atoms with Gasteiger partial charge in [-0.25, -0.2) is 4.39 Å². The number of ether oxygens (including phenoxy) is 1. The van der Waals surface area contributed by atoms with E-state index >= 15 is 0 Å². The van der Waals surface area contributed by atoms with Gasteiger partial charge in [0, 0.05) is 0 Å². The topological polar surface area (TPSA) is 38.3 Å². The first-order chi connectivity index (χ1) is 8.51. The fraction of sp³-hybridized carbons (Fsp3) is 0.357. The fourth-order valence-corrected chi connectivity index (χ4v) is 1.51. The molecule has 1 rings (SSSR count). The van der Waals surface area contributed by atoms with E-state index in [1.807, 2.05) is 13.8 Å². The predicted molar refractivity (Wildman–Crippen MR) is 67.9 cm³/mol. The predicted octanol–water partition coefficient (Wildman–Crippen LogP) is 2.22. The standard InChI is InChI=1S/C14H16FNO2/c1-5-11(9(2)3)16-14(17)13-10(15)7-6-8-12(13)18-4/h1,6-9,11H,2-4H3,(H,16,17). The number of methoxy groups -OCH3 is 1. The molecule has 0 radical (unpaired) electrons. The summed E-state index contributed by atoms with van der Waals surface area (Å²) in [5.41, 5.74) is -0.124. The zero-order chi connectivity index (χ0) is 13.7. The first kappa shape index (κ1) is 14.0. The Bertz CT molecular complexity index is 477. The second-order valence-corrected chi connectivity index (χ2v) is 4.18. The molecule has 0 saturated carbocycles. The van der Waals surface area contributed by atoms with Crippen molar-refractivity contribution in [2.45, 2.75) is 19.9 Å². The molecule has 1 aromatic carbocycles. The number of carbonyl (C=O) groups is 1. The molecule has 1 aromatic rings. The van der Waals surface area contributed by atoms with E-state index in [0.29, 0.717) is 0 Å². The number of carbonyl (C=O) groups excluding carboxylic acids is 1. The Kier molecular flexibility index (Phi) is 4.73. The highest BCUT2D eigenvalue weighted by Gasteiger charge is 2.21. The summed E-state index contributed by atoms with van der Waals surface area (Å²) in [6, 6.07) is 3.77. The second-order valence-electron chi connectivity index (χ2n) is 4.18. The van der Waals surface area contributed by atoms with Crippen molar-refractivity contribution in [3.05, 3.63) is 29.6 Å². The maximum Gasteiger partial charge on any atom is 0.259 e. The van der Waals surface area contributed by atoms with Gasteiger partial charge >= 0.3 is 0 Å². The number of halogens is 1. The molecule has 0 aliphatic heterocycles. The Hall–Kier alpha value is -2.02. The minimum absolute atomic E-state index is 0.0664. The summed E-state index contributed by atoms with van der Waals surface area (Å²) >= 11 is 0. The van der Waals surface area contributed by atoms with Gasteiger partial charge in [-0.1, -0.05) is 25.8 Å². The molecule has 1 N–H and O–H groups in total. The normalized spacial score (nSPS) is 11.8.